The second-order valence-electron chi connectivity index (χ2n) is 8.02. The number of halogens is 1. The van der Waals surface area contributed by atoms with E-state index in [0.29, 0.717) is 24.1 Å². The van der Waals surface area contributed by atoms with Crippen LogP contribution >= 0.6 is 15.9 Å². The summed E-state index contributed by atoms with van der Waals surface area (Å²) in [7, 11) is 1.09. The fourth-order valence-electron chi connectivity index (χ4n) is 4.20. The van der Waals surface area contributed by atoms with Crippen LogP contribution in [-0.4, -0.2) is 44.6 Å². The molecule has 0 spiro atoms. The third kappa shape index (κ3) is 5.07. The second-order valence-corrected chi connectivity index (χ2v) is 10.6. The van der Waals surface area contributed by atoms with E-state index >= 15 is 0 Å². The largest absolute Gasteiger partial charge is 0.380 e. The Morgan fingerprint density at radius 2 is 1.97 bits per heavy atom. The van der Waals surface area contributed by atoms with Gasteiger partial charge in [0.15, 0.2) is 0 Å². The summed E-state index contributed by atoms with van der Waals surface area (Å²) in [6, 6.07) is 10.9. The number of rotatable bonds is 5. The number of anilines is 1. The van der Waals surface area contributed by atoms with E-state index in [0.717, 1.165) is 41.5 Å². The SMILES string of the molecule is CN(Cc1ccc(NC2Cc3ccc(Br)cc3C2)cn1)C(=O)C1CCS(=O)CC1. The third-order valence-electron chi connectivity index (χ3n) is 5.81. The van der Waals surface area contributed by atoms with Gasteiger partial charge in [-0.05, 0) is 61.1 Å². The Hall–Kier alpha value is -1.73. The molecule has 0 bridgehead atoms. The van der Waals surface area contributed by atoms with E-state index in [1.165, 1.54) is 11.1 Å². The molecule has 1 fully saturated rings. The van der Waals surface area contributed by atoms with Crippen molar-refractivity contribution in [3.8, 4) is 0 Å². The van der Waals surface area contributed by atoms with Gasteiger partial charge in [-0.2, -0.15) is 0 Å². The van der Waals surface area contributed by atoms with E-state index in [1.807, 2.05) is 25.4 Å². The van der Waals surface area contributed by atoms with E-state index < -0.39 is 10.8 Å². The molecule has 2 aliphatic rings. The molecule has 29 heavy (non-hydrogen) atoms. The van der Waals surface area contributed by atoms with Crippen molar-refractivity contribution in [1.82, 2.24) is 9.88 Å². The van der Waals surface area contributed by atoms with Gasteiger partial charge in [-0.1, -0.05) is 22.0 Å². The van der Waals surface area contributed by atoms with Crippen LogP contribution < -0.4 is 5.32 Å². The summed E-state index contributed by atoms with van der Waals surface area (Å²) < 4.78 is 12.6. The van der Waals surface area contributed by atoms with Gasteiger partial charge in [0.2, 0.25) is 5.91 Å². The van der Waals surface area contributed by atoms with Crippen LogP contribution in [0.15, 0.2) is 41.0 Å². The number of amides is 1. The van der Waals surface area contributed by atoms with E-state index in [4.69, 9.17) is 0 Å². The Morgan fingerprint density at radius 3 is 2.69 bits per heavy atom. The highest BCUT2D eigenvalue weighted by Gasteiger charge is 2.27. The second kappa shape index (κ2) is 8.96. The molecule has 154 valence electrons. The molecule has 5 nitrogen and oxygen atoms in total. The van der Waals surface area contributed by atoms with Crippen LogP contribution in [-0.2, 0) is 35.0 Å². The Bertz CT molecular complexity index is 909. The molecule has 4 rings (SSSR count). The molecule has 1 saturated heterocycles. The Kier molecular flexibility index (Phi) is 6.35. The molecule has 1 amide bonds. The van der Waals surface area contributed by atoms with Crippen LogP contribution in [0.5, 0.6) is 0 Å². The lowest BCUT2D eigenvalue weighted by Crippen LogP contribution is -2.36. The lowest BCUT2D eigenvalue weighted by molar-refractivity contribution is -0.135. The molecule has 1 N–H and O–H groups in total. The van der Waals surface area contributed by atoms with Crippen molar-refractivity contribution in [3.63, 3.8) is 0 Å². The minimum Gasteiger partial charge on any atom is -0.380 e. The van der Waals surface area contributed by atoms with Crippen LogP contribution in [0.25, 0.3) is 0 Å². The van der Waals surface area contributed by atoms with Crippen molar-refractivity contribution in [2.75, 3.05) is 23.9 Å². The number of fused-ring (bicyclic) bond motifs is 1. The molecular weight excluding hydrogens is 450 g/mol. The zero-order valence-corrected chi connectivity index (χ0v) is 19.0. The van der Waals surface area contributed by atoms with Gasteiger partial charge < -0.3 is 10.2 Å². The van der Waals surface area contributed by atoms with E-state index in [9.17, 15) is 9.00 Å². The maximum atomic E-state index is 12.6. The van der Waals surface area contributed by atoms with Crippen molar-refractivity contribution >= 4 is 38.3 Å². The maximum Gasteiger partial charge on any atom is 0.225 e. The predicted molar refractivity (Wildman–Crippen MR) is 120 cm³/mol. The maximum absolute atomic E-state index is 12.6. The summed E-state index contributed by atoms with van der Waals surface area (Å²) in [4.78, 5) is 18.9. The first-order valence-electron chi connectivity index (χ1n) is 10.1. The molecule has 0 saturated carbocycles. The Balaban J connectivity index is 1.30. The zero-order chi connectivity index (χ0) is 20.4. The smallest absolute Gasteiger partial charge is 0.225 e. The summed E-state index contributed by atoms with van der Waals surface area (Å²) in [5.41, 5.74) is 4.69. The lowest BCUT2D eigenvalue weighted by Gasteiger charge is -2.26. The lowest BCUT2D eigenvalue weighted by atomic mass is 10.0. The van der Waals surface area contributed by atoms with Crippen LogP contribution in [0, 0.1) is 5.92 Å². The van der Waals surface area contributed by atoms with Gasteiger partial charge in [-0.25, -0.2) is 0 Å². The highest BCUT2D eigenvalue weighted by atomic mass is 79.9. The Morgan fingerprint density at radius 1 is 1.21 bits per heavy atom. The van der Waals surface area contributed by atoms with Gasteiger partial charge in [0.05, 0.1) is 24.1 Å². The number of nitrogens with zero attached hydrogens (tertiary/aromatic N) is 2. The molecule has 1 atom stereocenters. The average Bonchev–Trinajstić information content (AvgIpc) is 3.10. The van der Waals surface area contributed by atoms with Gasteiger partial charge in [0, 0.05) is 45.8 Å². The van der Waals surface area contributed by atoms with Gasteiger partial charge in [-0.3, -0.25) is 14.0 Å². The topological polar surface area (TPSA) is 62.3 Å². The number of nitrogens with one attached hydrogen (secondary N) is 1. The molecule has 1 aliphatic heterocycles. The summed E-state index contributed by atoms with van der Waals surface area (Å²) in [6.07, 6.45) is 5.35. The highest BCUT2D eigenvalue weighted by molar-refractivity contribution is 9.10. The van der Waals surface area contributed by atoms with E-state index in [-0.39, 0.29) is 11.8 Å². The Labute approximate surface area is 182 Å². The molecule has 0 radical (unpaired) electrons. The average molecular weight is 476 g/mol. The number of hydrogen-bond acceptors (Lipinski definition) is 4. The summed E-state index contributed by atoms with van der Waals surface area (Å²) in [6.45, 7) is 0.502. The molecule has 1 aromatic carbocycles. The number of carbonyl (C=O) groups is 1. The van der Waals surface area contributed by atoms with Crippen LogP contribution in [0.3, 0.4) is 0 Å². The van der Waals surface area contributed by atoms with Gasteiger partial charge in [0.1, 0.15) is 0 Å². The van der Waals surface area contributed by atoms with Crippen molar-refractivity contribution < 1.29 is 9.00 Å². The molecule has 2 heterocycles. The molecule has 1 unspecified atom stereocenters. The van der Waals surface area contributed by atoms with Gasteiger partial charge in [-0.15, -0.1) is 0 Å². The number of hydrogen-bond donors (Lipinski definition) is 1. The number of carbonyl (C=O) groups excluding carboxylic acids is 1. The van der Waals surface area contributed by atoms with Gasteiger partial charge >= 0.3 is 0 Å². The molecular formula is C22H26BrN3O2S. The quantitative estimate of drug-likeness (QED) is 0.717. The van der Waals surface area contributed by atoms with Crippen LogP contribution in [0.4, 0.5) is 5.69 Å². The first-order chi connectivity index (χ1) is 14.0. The predicted octanol–water partition coefficient (Wildman–Crippen LogP) is 3.54. The fraction of sp³-hybridized carbons (Fsp3) is 0.455. The number of pyridine rings is 1. The zero-order valence-electron chi connectivity index (χ0n) is 16.6. The van der Waals surface area contributed by atoms with Crippen molar-refractivity contribution in [2.24, 2.45) is 5.92 Å². The van der Waals surface area contributed by atoms with Crippen molar-refractivity contribution in [1.29, 1.82) is 0 Å². The summed E-state index contributed by atoms with van der Waals surface area (Å²) >= 11 is 3.55. The monoisotopic (exact) mass is 475 g/mol. The molecule has 2 aromatic rings. The van der Waals surface area contributed by atoms with Crippen molar-refractivity contribution in [2.45, 2.75) is 38.3 Å². The first-order valence-corrected chi connectivity index (χ1v) is 12.3. The molecule has 1 aromatic heterocycles. The standard InChI is InChI=1S/C22H26BrN3O2S/c1-26(22(27)15-6-8-29(28)9-7-15)14-20-5-4-19(13-24-20)25-21-11-16-2-3-18(23)10-17(16)12-21/h2-5,10,13,15,21,25H,6-9,11-12,14H2,1H3. The molecule has 1 aliphatic carbocycles. The van der Waals surface area contributed by atoms with Crippen molar-refractivity contribution in [3.05, 3.63) is 57.8 Å². The fourth-order valence-corrected chi connectivity index (χ4v) is 5.91. The normalized spacial score (nSPS) is 23.4. The summed E-state index contributed by atoms with van der Waals surface area (Å²) in [5.74, 6) is 1.43. The first kappa shape index (κ1) is 20.5. The summed E-state index contributed by atoms with van der Waals surface area (Å²) in [5, 5.41) is 3.58. The minimum absolute atomic E-state index is 0.00248. The highest BCUT2D eigenvalue weighted by Crippen LogP contribution is 2.27. The van der Waals surface area contributed by atoms with Crippen LogP contribution in [0.2, 0.25) is 0 Å². The van der Waals surface area contributed by atoms with E-state index in [1.54, 1.807) is 4.90 Å². The van der Waals surface area contributed by atoms with Crippen LogP contribution in [0.1, 0.15) is 29.7 Å². The van der Waals surface area contributed by atoms with Gasteiger partial charge in [0.25, 0.3) is 0 Å². The molecule has 7 heteroatoms. The third-order valence-corrected chi connectivity index (χ3v) is 7.68. The number of benzene rings is 1. The van der Waals surface area contributed by atoms with E-state index in [2.05, 4.69) is 44.4 Å². The number of aromatic nitrogens is 1. The minimum atomic E-state index is -0.740.